The molecule has 17 heavy (non-hydrogen) atoms. The third-order valence-corrected chi connectivity index (χ3v) is 2.93. The third-order valence-electron chi connectivity index (χ3n) is 2.93. The smallest absolute Gasteiger partial charge is 0.160 e. The maximum Gasteiger partial charge on any atom is 0.160 e. The van der Waals surface area contributed by atoms with Crippen molar-refractivity contribution in [3.63, 3.8) is 0 Å². The Morgan fingerprint density at radius 2 is 2.18 bits per heavy atom. The topological polar surface area (TPSA) is 60.9 Å². The van der Waals surface area contributed by atoms with Gasteiger partial charge in [-0.1, -0.05) is 25.1 Å². The minimum absolute atomic E-state index is 0.0720. The summed E-state index contributed by atoms with van der Waals surface area (Å²) in [5, 5.41) is 21.0. The lowest BCUT2D eigenvalue weighted by Crippen LogP contribution is -1.96. The van der Waals surface area contributed by atoms with Crippen LogP contribution in [0.1, 0.15) is 6.92 Å². The molecular formula is C13H13N3O. The first kappa shape index (κ1) is 9.96. The Labute approximate surface area is 98.7 Å². The summed E-state index contributed by atoms with van der Waals surface area (Å²) in [7, 11) is 0. The van der Waals surface area contributed by atoms with Crippen LogP contribution in [0.3, 0.4) is 0 Å². The number of aromatic amines is 1. The van der Waals surface area contributed by atoms with Crippen LogP contribution in [-0.2, 0) is 0 Å². The molecule has 4 nitrogen and oxygen atoms in total. The van der Waals surface area contributed by atoms with Gasteiger partial charge in [-0.15, -0.1) is 0 Å². The quantitative estimate of drug-likeness (QED) is 0.739. The number of H-pyrrole nitrogens is 1. The largest absolute Gasteiger partial charge is 0.512 e. The molecule has 3 rings (SSSR count). The lowest BCUT2D eigenvalue weighted by atomic mass is 10.2. The van der Waals surface area contributed by atoms with E-state index in [1.807, 2.05) is 37.3 Å². The van der Waals surface area contributed by atoms with E-state index in [2.05, 4.69) is 15.5 Å². The molecular weight excluding hydrogens is 214 g/mol. The minimum atomic E-state index is 0.0720. The van der Waals surface area contributed by atoms with Gasteiger partial charge in [-0.3, -0.25) is 5.10 Å². The summed E-state index contributed by atoms with van der Waals surface area (Å²) >= 11 is 0. The zero-order valence-electron chi connectivity index (χ0n) is 9.44. The first-order valence-electron chi connectivity index (χ1n) is 5.56. The lowest BCUT2D eigenvalue weighted by Gasteiger charge is -2.01. The molecule has 0 saturated heterocycles. The highest BCUT2D eigenvalue weighted by Crippen LogP contribution is 2.25. The molecule has 3 N–H and O–H groups in total. The summed E-state index contributed by atoms with van der Waals surface area (Å²) in [4.78, 5) is 0. The summed E-state index contributed by atoms with van der Waals surface area (Å²) in [5.74, 6) is 1.24. The van der Waals surface area contributed by atoms with Crippen molar-refractivity contribution >= 4 is 16.7 Å². The van der Waals surface area contributed by atoms with E-state index in [4.69, 9.17) is 0 Å². The van der Waals surface area contributed by atoms with E-state index in [9.17, 15) is 5.11 Å². The Morgan fingerprint density at radius 3 is 2.94 bits per heavy atom. The van der Waals surface area contributed by atoms with Gasteiger partial charge in [0.1, 0.15) is 5.76 Å². The van der Waals surface area contributed by atoms with Gasteiger partial charge < -0.3 is 10.4 Å². The number of aliphatic hydroxyl groups excluding tert-OH is 1. The zero-order chi connectivity index (χ0) is 11.8. The third kappa shape index (κ3) is 1.67. The van der Waals surface area contributed by atoms with Crippen molar-refractivity contribution in [2.24, 2.45) is 5.92 Å². The Bertz CT molecular complexity index is 624. The number of anilines is 1. The highest BCUT2D eigenvalue weighted by Gasteiger charge is 2.14. The van der Waals surface area contributed by atoms with Gasteiger partial charge >= 0.3 is 0 Å². The van der Waals surface area contributed by atoms with Crippen molar-refractivity contribution in [1.82, 2.24) is 10.2 Å². The number of fused-ring (bicyclic) bond motifs is 1. The van der Waals surface area contributed by atoms with Crippen LogP contribution in [0.25, 0.3) is 10.9 Å². The van der Waals surface area contributed by atoms with Crippen LogP contribution in [0.15, 0.2) is 47.9 Å². The SMILES string of the molecule is C[C@H]1C=C(Nc2n[nH]c3ccccc23)C=C1O. The minimum Gasteiger partial charge on any atom is -0.512 e. The number of nitrogens with one attached hydrogen (secondary N) is 2. The Morgan fingerprint density at radius 1 is 1.35 bits per heavy atom. The first-order chi connectivity index (χ1) is 8.24. The van der Waals surface area contributed by atoms with Crippen molar-refractivity contribution in [3.05, 3.63) is 47.9 Å². The maximum atomic E-state index is 9.55. The Hall–Kier alpha value is -2.23. The summed E-state index contributed by atoms with van der Waals surface area (Å²) in [5.41, 5.74) is 1.88. The number of hydrogen-bond donors (Lipinski definition) is 3. The van der Waals surface area contributed by atoms with E-state index in [-0.39, 0.29) is 5.92 Å². The zero-order valence-corrected chi connectivity index (χ0v) is 9.44. The molecule has 86 valence electrons. The van der Waals surface area contributed by atoms with Gasteiger partial charge in [0.2, 0.25) is 0 Å². The fraction of sp³-hybridized carbons (Fsp3) is 0.154. The fourth-order valence-electron chi connectivity index (χ4n) is 1.97. The molecule has 0 saturated carbocycles. The van der Waals surface area contributed by atoms with Crippen molar-refractivity contribution in [3.8, 4) is 0 Å². The van der Waals surface area contributed by atoms with Gasteiger partial charge in [-0.2, -0.15) is 5.10 Å². The van der Waals surface area contributed by atoms with Crippen LogP contribution in [0, 0.1) is 5.92 Å². The van der Waals surface area contributed by atoms with Crippen LogP contribution >= 0.6 is 0 Å². The number of rotatable bonds is 2. The lowest BCUT2D eigenvalue weighted by molar-refractivity contribution is 0.370. The molecule has 0 bridgehead atoms. The van der Waals surface area contributed by atoms with Crippen molar-refractivity contribution in [2.45, 2.75) is 6.92 Å². The van der Waals surface area contributed by atoms with Crippen molar-refractivity contribution < 1.29 is 5.11 Å². The van der Waals surface area contributed by atoms with Crippen molar-refractivity contribution in [2.75, 3.05) is 5.32 Å². The summed E-state index contributed by atoms with van der Waals surface area (Å²) in [6, 6.07) is 7.92. The summed E-state index contributed by atoms with van der Waals surface area (Å²) < 4.78 is 0. The van der Waals surface area contributed by atoms with E-state index < -0.39 is 0 Å². The van der Waals surface area contributed by atoms with Crippen LogP contribution in [0.4, 0.5) is 5.82 Å². The predicted octanol–water partition coefficient (Wildman–Crippen LogP) is 2.95. The van der Waals surface area contributed by atoms with Crippen molar-refractivity contribution in [1.29, 1.82) is 0 Å². The fourth-order valence-corrected chi connectivity index (χ4v) is 1.97. The van der Waals surface area contributed by atoms with Crippen LogP contribution in [0.5, 0.6) is 0 Å². The van der Waals surface area contributed by atoms with Gasteiger partial charge in [-0.25, -0.2) is 0 Å². The second kappa shape index (κ2) is 3.66. The molecule has 0 aliphatic heterocycles. The van der Waals surface area contributed by atoms with E-state index in [1.165, 1.54) is 0 Å². The molecule has 1 aromatic carbocycles. The van der Waals surface area contributed by atoms with Gasteiger partial charge in [0.25, 0.3) is 0 Å². The summed E-state index contributed by atoms with van der Waals surface area (Å²) in [6.45, 7) is 1.95. The van der Waals surface area contributed by atoms with Crippen LogP contribution in [0.2, 0.25) is 0 Å². The normalized spacial score (nSPS) is 19.2. The number of hydrogen-bond acceptors (Lipinski definition) is 3. The molecule has 1 aromatic heterocycles. The second-order valence-electron chi connectivity index (χ2n) is 4.22. The van der Waals surface area contributed by atoms with Crippen LogP contribution < -0.4 is 5.32 Å². The van der Waals surface area contributed by atoms with Gasteiger partial charge in [0.15, 0.2) is 5.82 Å². The predicted molar refractivity (Wildman–Crippen MR) is 67.7 cm³/mol. The Kier molecular flexibility index (Phi) is 2.14. The van der Waals surface area contributed by atoms with Gasteiger partial charge in [0.05, 0.1) is 5.52 Å². The molecule has 4 heteroatoms. The molecule has 2 aromatic rings. The standard InChI is InChI=1S/C13H13N3O/c1-8-6-9(7-12(8)17)14-13-10-4-2-3-5-11(10)15-16-13/h2-8,17H,1H3,(H2,14,15,16)/t8-/m0/s1. The molecule has 0 amide bonds. The average Bonchev–Trinajstić information content (AvgIpc) is 2.85. The number of nitrogens with zero attached hydrogens (tertiary/aromatic N) is 1. The molecule has 1 atom stereocenters. The number of benzene rings is 1. The Balaban J connectivity index is 1.94. The van der Waals surface area contributed by atoms with E-state index >= 15 is 0 Å². The molecule has 0 spiro atoms. The van der Waals surface area contributed by atoms with Gasteiger partial charge in [0, 0.05) is 17.0 Å². The molecule has 1 heterocycles. The van der Waals surface area contributed by atoms with E-state index in [0.717, 1.165) is 22.4 Å². The second-order valence-corrected chi connectivity index (χ2v) is 4.22. The maximum absolute atomic E-state index is 9.55. The monoisotopic (exact) mass is 227 g/mol. The molecule has 1 aliphatic rings. The first-order valence-corrected chi connectivity index (χ1v) is 5.56. The number of allylic oxidation sites excluding steroid dienone is 2. The van der Waals surface area contributed by atoms with Crippen LogP contribution in [-0.4, -0.2) is 15.3 Å². The number of para-hydroxylation sites is 1. The van der Waals surface area contributed by atoms with Gasteiger partial charge in [-0.05, 0) is 18.2 Å². The highest BCUT2D eigenvalue weighted by atomic mass is 16.3. The average molecular weight is 227 g/mol. The molecule has 1 aliphatic carbocycles. The van der Waals surface area contributed by atoms with E-state index in [0.29, 0.717) is 5.76 Å². The van der Waals surface area contributed by atoms with E-state index in [1.54, 1.807) is 6.08 Å². The summed E-state index contributed by atoms with van der Waals surface area (Å²) in [6.07, 6.45) is 3.70. The molecule has 0 fully saturated rings. The number of aliphatic hydroxyl groups is 1. The molecule has 0 unspecified atom stereocenters. The molecule has 0 radical (unpaired) electrons. The number of aromatic nitrogens is 2. The highest BCUT2D eigenvalue weighted by molar-refractivity contribution is 5.90.